The van der Waals surface area contributed by atoms with Crippen molar-refractivity contribution < 1.29 is 0 Å². The van der Waals surface area contributed by atoms with E-state index in [1.807, 2.05) is 6.20 Å². The van der Waals surface area contributed by atoms with E-state index in [0.29, 0.717) is 0 Å². The van der Waals surface area contributed by atoms with Crippen molar-refractivity contribution >= 4 is 21.7 Å². The summed E-state index contributed by atoms with van der Waals surface area (Å²) >= 11 is 3.44. The van der Waals surface area contributed by atoms with E-state index in [0.717, 1.165) is 36.5 Å². The number of nitrogens with zero attached hydrogens (tertiary/aromatic N) is 3. The van der Waals surface area contributed by atoms with Crippen molar-refractivity contribution in [1.29, 1.82) is 0 Å². The number of anilines is 1. The average molecular weight is 270 g/mol. The lowest BCUT2D eigenvalue weighted by molar-refractivity contribution is 0.312. The molecule has 0 aromatic carbocycles. The van der Waals surface area contributed by atoms with Crippen LogP contribution in [0.2, 0.25) is 0 Å². The van der Waals surface area contributed by atoms with Gasteiger partial charge in [-0.05, 0) is 41.5 Å². The summed E-state index contributed by atoms with van der Waals surface area (Å²) in [5.74, 6) is 1.13. The van der Waals surface area contributed by atoms with E-state index in [1.165, 1.54) is 5.56 Å². The third kappa shape index (κ3) is 2.49. The second kappa shape index (κ2) is 4.49. The summed E-state index contributed by atoms with van der Waals surface area (Å²) in [6.45, 7) is 6.51. The molecule has 0 aliphatic carbocycles. The van der Waals surface area contributed by atoms with E-state index in [4.69, 9.17) is 0 Å². The Hall–Kier alpha value is -0.610. The fourth-order valence-electron chi connectivity index (χ4n) is 1.88. The van der Waals surface area contributed by atoms with E-state index in [9.17, 15) is 0 Å². The Morgan fingerprint density at radius 2 is 1.93 bits per heavy atom. The molecule has 1 aromatic rings. The smallest absolute Gasteiger partial charge is 0.131 e. The molecule has 2 rings (SSSR count). The summed E-state index contributed by atoms with van der Waals surface area (Å²) in [5, 5.41) is 0. The van der Waals surface area contributed by atoms with E-state index >= 15 is 0 Å². The molecule has 1 aliphatic rings. The van der Waals surface area contributed by atoms with E-state index in [1.54, 1.807) is 0 Å². The largest absolute Gasteiger partial charge is 0.354 e. The van der Waals surface area contributed by atoms with Crippen LogP contribution in [-0.2, 0) is 0 Å². The van der Waals surface area contributed by atoms with Crippen molar-refractivity contribution in [2.45, 2.75) is 6.92 Å². The molecular weight excluding hydrogens is 254 g/mol. The van der Waals surface area contributed by atoms with E-state index < -0.39 is 0 Å². The van der Waals surface area contributed by atoms with Crippen LogP contribution < -0.4 is 4.90 Å². The fraction of sp³-hybridized carbons (Fsp3) is 0.545. The lowest BCUT2D eigenvalue weighted by Gasteiger charge is -2.33. The molecule has 3 nitrogen and oxygen atoms in total. The summed E-state index contributed by atoms with van der Waals surface area (Å²) < 4.78 is 1.05. The molecule has 15 heavy (non-hydrogen) atoms. The number of rotatable bonds is 1. The molecule has 0 amide bonds. The molecule has 0 spiro atoms. The molecule has 0 saturated carbocycles. The molecule has 2 heterocycles. The van der Waals surface area contributed by atoms with E-state index in [2.05, 4.69) is 50.8 Å². The predicted molar refractivity (Wildman–Crippen MR) is 66.4 cm³/mol. The van der Waals surface area contributed by atoms with Crippen molar-refractivity contribution in [3.05, 3.63) is 22.3 Å². The molecule has 82 valence electrons. The maximum Gasteiger partial charge on any atom is 0.131 e. The highest BCUT2D eigenvalue weighted by molar-refractivity contribution is 9.10. The number of halogens is 1. The summed E-state index contributed by atoms with van der Waals surface area (Å²) in [5.41, 5.74) is 1.24. The minimum atomic E-state index is 1.05. The summed E-state index contributed by atoms with van der Waals surface area (Å²) in [6, 6.07) is 2.13. The lowest BCUT2D eigenvalue weighted by atomic mass is 10.2. The van der Waals surface area contributed by atoms with Gasteiger partial charge in [-0.1, -0.05) is 0 Å². The number of piperazine rings is 1. The number of pyridine rings is 1. The molecular formula is C11H16BrN3. The molecule has 1 aliphatic heterocycles. The zero-order valence-corrected chi connectivity index (χ0v) is 10.8. The minimum absolute atomic E-state index is 1.05. The van der Waals surface area contributed by atoms with Gasteiger partial charge in [0.05, 0.1) is 0 Å². The third-order valence-electron chi connectivity index (χ3n) is 2.82. The van der Waals surface area contributed by atoms with Crippen molar-refractivity contribution in [3.8, 4) is 0 Å². The Labute approximate surface area is 99.2 Å². The SMILES string of the molecule is Cc1cc(Br)cnc1N1CCN(C)CC1. The van der Waals surface area contributed by atoms with Gasteiger partial charge in [0, 0.05) is 36.8 Å². The van der Waals surface area contributed by atoms with Gasteiger partial charge in [0.1, 0.15) is 5.82 Å². The summed E-state index contributed by atoms with van der Waals surface area (Å²) in [6.07, 6.45) is 1.88. The monoisotopic (exact) mass is 269 g/mol. The van der Waals surface area contributed by atoms with Crippen LogP contribution in [0, 0.1) is 6.92 Å². The highest BCUT2D eigenvalue weighted by Crippen LogP contribution is 2.21. The Balaban J connectivity index is 2.15. The highest BCUT2D eigenvalue weighted by atomic mass is 79.9. The van der Waals surface area contributed by atoms with Gasteiger partial charge in [0.15, 0.2) is 0 Å². The van der Waals surface area contributed by atoms with Crippen molar-refractivity contribution in [2.75, 3.05) is 38.1 Å². The van der Waals surface area contributed by atoms with Gasteiger partial charge in [-0.25, -0.2) is 4.98 Å². The molecule has 0 radical (unpaired) electrons. The normalized spacial score (nSPS) is 18.2. The second-order valence-corrected chi connectivity index (χ2v) is 5.00. The minimum Gasteiger partial charge on any atom is -0.354 e. The number of aromatic nitrogens is 1. The first-order chi connectivity index (χ1) is 7.16. The summed E-state index contributed by atoms with van der Waals surface area (Å²) in [7, 11) is 2.17. The van der Waals surface area contributed by atoms with Crippen LogP contribution in [0.3, 0.4) is 0 Å². The number of likely N-dealkylation sites (N-methyl/N-ethyl adjacent to an activating group) is 1. The first-order valence-electron chi connectivity index (χ1n) is 5.22. The Bertz CT molecular complexity index is 346. The maximum atomic E-state index is 4.49. The van der Waals surface area contributed by atoms with Crippen LogP contribution in [0.25, 0.3) is 0 Å². The van der Waals surface area contributed by atoms with Gasteiger partial charge in [-0.2, -0.15) is 0 Å². The Kier molecular flexibility index (Phi) is 3.26. The van der Waals surface area contributed by atoms with Crippen LogP contribution in [-0.4, -0.2) is 43.1 Å². The topological polar surface area (TPSA) is 19.4 Å². The van der Waals surface area contributed by atoms with Crippen molar-refractivity contribution in [1.82, 2.24) is 9.88 Å². The lowest BCUT2D eigenvalue weighted by Crippen LogP contribution is -2.45. The molecule has 1 fully saturated rings. The van der Waals surface area contributed by atoms with Gasteiger partial charge in [0.25, 0.3) is 0 Å². The van der Waals surface area contributed by atoms with Crippen LogP contribution in [0.15, 0.2) is 16.7 Å². The second-order valence-electron chi connectivity index (χ2n) is 4.08. The average Bonchev–Trinajstić information content (AvgIpc) is 2.20. The molecule has 0 bridgehead atoms. The van der Waals surface area contributed by atoms with Crippen LogP contribution in [0.1, 0.15) is 5.56 Å². The van der Waals surface area contributed by atoms with Crippen molar-refractivity contribution in [3.63, 3.8) is 0 Å². The standard InChI is InChI=1S/C11H16BrN3/c1-9-7-10(12)8-13-11(9)15-5-3-14(2)4-6-15/h7-8H,3-6H2,1-2H3. The quantitative estimate of drug-likeness (QED) is 0.777. The van der Waals surface area contributed by atoms with Gasteiger partial charge >= 0.3 is 0 Å². The van der Waals surface area contributed by atoms with E-state index in [-0.39, 0.29) is 0 Å². The van der Waals surface area contributed by atoms with Gasteiger partial charge in [-0.3, -0.25) is 0 Å². The molecule has 1 saturated heterocycles. The zero-order valence-electron chi connectivity index (χ0n) is 9.20. The first kappa shape index (κ1) is 10.9. The number of hydrogen-bond donors (Lipinski definition) is 0. The predicted octanol–water partition coefficient (Wildman–Crippen LogP) is 1.90. The summed E-state index contributed by atoms with van der Waals surface area (Å²) in [4.78, 5) is 9.20. The molecule has 1 aromatic heterocycles. The molecule has 4 heteroatoms. The third-order valence-corrected chi connectivity index (χ3v) is 3.25. The first-order valence-corrected chi connectivity index (χ1v) is 6.02. The van der Waals surface area contributed by atoms with Gasteiger partial charge in [-0.15, -0.1) is 0 Å². The van der Waals surface area contributed by atoms with Crippen LogP contribution in [0.5, 0.6) is 0 Å². The highest BCUT2D eigenvalue weighted by Gasteiger charge is 2.16. The number of aryl methyl sites for hydroxylation is 1. The molecule has 0 N–H and O–H groups in total. The zero-order chi connectivity index (χ0) is 10.8. The molecule has 0 unspecified atom stereocenters. The van der Waals surface area contributed by atoms with Crippen LogP contribution >= 0.6 is 15.9 Å². The Morgan fingerprint density at radius 1 is 1.27 bits per heavy atom. The number of hydrogen-bond acceptors (Lipinski definition) is 3. The van der Waals surface area contributed by atoms with Gasteiger partial charge in [0.2, 0.25) is 0 Å². The molecule has 0 atom stereocenters. The fourth-order valence-corrected chi connectivity index (χ4v) is 2.33. The van der Waals surface area contributed by atoms with Crippen LogP contribution in [0.4, 0.5) is 5.82 Å². The van der Waals surface area contributed by atoms with Gasteiger partial charge < -0.3 is 9.80 Å². The maximum absolute atomic E-state index is 4.49. The van der Waals surface area contributed by atoms with Crippen molar-refractivity contribution in [2.24, 2.45) is 0 Å². The Morgan fingerprint density at radius 3 is 2.53 bits per heavy atom.